The Morgan fingerprint density at radius 1 is 0.958 bits per heavy atom. The second kappa shape index (κ2) is 8.86. The fraction of sp³-hybridized carbons (Fsp3) is 0.350. The molecule has 0 N–H and O–H groups in total. The SMILES string of the molecule is Cc1cc(C)c(C(=O)Pc2ccc(OC(C)C)cc2C)c(C)c1.[Li]. The van der Waals surface area contributed by atoms with Crippen molar-refractivity contribution in [1.82, 2.24) is 0 Å². The van der Waals surface area contributed by atoms with Gasteiger partial charge in [-0.2, -0.15) is 0 Å². The van der Waals surface area contributed by atoms with E-state index in [-0.39, 0.29) is 39.1 Å². The Hall–Kier alpha value is -1.06. The normalized spacial score (nSPS) is 11.0. The molecule has 0 heterocycles. The Bertz CT molecular complexity index is 715. The molecule has 24 heavy (non-hydrogen) atoms. The number of carbonyl (C=O) groups excluding carboxylic acids is 1. The number of ether oxygens (including phenoxy) is 1. The summed E-state index contributed by atoms with van der Waals surface area (Å²) in [6, 6.07) is 10.2. The van der Waals surface area contributed by atoms with Gasteiger partial charge in [0.1, 0.15) is 5.75 Å². The molecule has 1 radical (unpaired) electrons. The summed E-state index contributed by atoms with van der Waals surface area (Å²) < 4.78 is 5.71. The molecule has 0 saturated carbocycles. The van der Waals surface area contributed by atoms with Crippen LogP contribution in [0.4, 0.5) is 0 Å². The Labute approximate surface area is 159 Å². The molecule has 0 spiro atoms. The van der Waals surface area contributed by atoms with Gasteiger partial charge in [-0.05, 0) is 84.3 Å². The third-order valence-corrected chi connectivity index (χ3v) is 5.03. The quantitative estimate of drug-likeness (QED) is 0.595. The van der Waals surface area contributed by atoms with Crippen LogP contribution in [0, 0.1) is 27.7 Å². The zero-order valence-corrected chi connectivity index (χ0v) is 16.8. The van der Waals surface area contributed by atoms with Gasteiger partial charge in [0.2, 0.25) is 0 Å². The molecule has 0 aliphatic heterocycles. The van der Waals surface area contributed by atoms with Gasteiger partial charge in [0.15, 0.2) is 5.52 Å². The van der Waals surface area contributed by atoms with Crippen molar-refractivity contribution in [2.75, 3.05) is 0 Å². The number of benzene rings is 2. The van der Waals surface area contributed by atoms with Gasteiger partial charge in [0.05, 0.1) is 6.10 Å². The first-order valence-electron chi connectivity index (χ1n) is 7.94. The summed E-state index contributed by atoms with van der Waals surface area (Å²) in [6.07, 6.45) is 0.155. The third-order valence-electron chi connectivity index (χ3n) is 3.72. The van der Waals surface area contributed by atoms with Gasteiger partial charge in [0, 0.05) is 24.4 Å². The number of hydrogen-bond donors (Lipinski definition) is 0. The second-order valence-corrected chi connectivity index (χ2v) is 7.61. The molecular formula is C20H25LiO2P. The van der Waals surface area contributed by atoms with Crippen LogP contribution in [0.2, 0.25) is 0 Å². The van der Waals surface area contributed by atoms with Gasteiger partial charge < -0.3 is 4.74 Å². The fourth-order valence-electron chi connectivity index (χ4n) is 2.84. The van der Waals surface area contributed by atoms with Crippen molar-refractivity contribution in [3.8, 4) is 5.75 Å². The molecule has 0 aliphatic carbocycles. The van der Waals surface area contributed by atoms with E-state index in [1.807, 2.05) is 52.8 Å². The number of carbonyl (C=O) groups is 1. The molecule has 2 aromatic carbocycles. The van der Waals surface area contributed by atoms with Crippen molar-refractivity contribution in [2.24, 2.45) is 0 Å². The van der Waals surface area contributed by atoms with Gasteiger partial charge in [0.25, 0.3) is 0 Å². The first-order valence-corrected chi connectivity index (χ1v) is 8.94. The standard InChI is InChI=1S/C20H25O2P.Li/c1-12(2)22-17-7-8-18(14(4)11-17)23-20(21)19-15(5)9-13(3)10-16(19)6;/h7-12,23H,1-6H3;. The van der Waals surface area contributed by atoms with E-state index < -0.39 is 0 Å². The second-order valence-electron chi connectivity index (χ2n) is 6.37. The Balaban J connectivity index is 0.00000288. The Morgan fingerprint density at radius 2 is 1.54 bits per heavy atom. The first-order chi connectivity index (χ1) is 10.8. The zero-order valence-electron chi connectivity index (χ0n) is 15.8. The van der Waals surface area contributed by atoms with E-state index in [0.29, 0.717) is 0 Å². The van der Waals surface area contributed by atoms with Crippen molar-refractivity contribution in [2.45, 2.75) is 47.6 Å². The van der Waals surface area contributed by atoms with E-state index in [0.717, 1.165) is 33.3 Å². The maximum Gasteiger partial charge on any atom is 0.186 e. The molecular weight excluding hydrogens is 310 g/mol. The predicted octanol–water partition coefficient (Wildman–Crippen LogP) is 4.47. The van der Waals surface area contributed by atoms with Gasteiger partial charge in [-0.1, -0.05) is 23.8 Å². The largest absolute Gasteiger partial charge is 0.491 e. The summed E-state index contributed by atoms with van der Waals surface area (Å²) in [5.41, 5.74) is 5.52. The average molecular weight is 335 g/mol. The fourth-order valence-corrected chi connectivity index (χ4v) is 4.04. The van der Waals surface area contributed by atoms with E-state index >= 15 is 0 Å². The minimum Gasteiger partial charge on any atom is -0.491 e. The monoisotopic (exact) mass is 335 g/mol. The van der Waals surface area contributed by atoms with Crippen LogP contribution in [0.25, 0.3) is 0 Å². The molecule has 0 amide bonds. The van der Waals surface area contributed by atoms with Gasteiger partial charge in [-0.15, -0.1) is 0 Å². The van der Waals surface area contributed by atoms with E-state index in [1.54, 1.807) is 0 Å². The Kier molecular flexibility index (Phi) is 7.75. The van der Waals surface area contributed by atoms with E-state index in [1.165, 1.54) is 5.56 Å². The van der Waals surface area contributed by atoms with E-state index in [9.17, 15) is 4.79 Å². The van der Waals surface area contributed by atoms with Gasteiger partial charge >= 0.3 is 0 Å². The summed E-state index contributed by atoms with van der Waals surface area (Å²) in [5.74, 6) is 0.862. The summed E-state index contributed by atoms with van der Waals surface area (Å²) in [4.78, 5) is 12.8. The molecule has 4 heteroatoms. The van der Waals surface area contributed by atoms with Crippen LogP contribution in [0.5, 0.6) is 5.75 Å². The van der Waals surface area contributed by atoms with Crippen LogP contribution >= 0.6 is 8.58 Å². The number of aryl methyl sites for hydroxylation is 4. The molecule has 0 saturated heterocycles. The number of rotatable bonds is 5. The minimum atomic E-state index is 0. The molecule has 0 fully saturated rings. The Morgan fingerprint density at radius 3 is 2.04 bits per heavy atom. The van der Waals surface area contributed by atoms with E-state index in [2.05, 4.69) is 19.1 Å². The minimum absolute atomic E-state index is 0. The topological polar surface area (TPSA) is 26.3 Å². The zero-order chi connectivity index (χ0) is 17.1. The summed E-state index contributed by atoms with van der Waals surface area (Å²) in [6.45, 7) is 12.2. The van der Waals surface area contributed by atoms with Crippen molar-refractivity contribution < 1.29 is 9.53 Å². The van der Waals surface area contributed by atoms with Crippen LogP contribution in [0.3, 0.4) is 0 Å². The predicted molar refractivity (Wildman–Crippen MR) is 106 cm³/mol. The summed E-state index contributed by atoms with van der Waals surface area (Å²) in [5, 5.41) is 1.09. The molecule has 0 aromatic heterocycles. The summed E-state index contributed by atoms with van der Waals surface area (Å²) in [7, 11) is 0.142. The molecule has 1 atom stereocenters. The van der Waals surface area contributed by atoms with Crippen LogP contribution < -0.4 is 10.0 Å². The molecule has 0 aliphatic rings. The summed E-state index contributed by atoms with van der Waals surface area (Å²) >= 11 is 0. The van der Waals surface area contributed by atoms with E-state index in [4.69, 9.17) is 4.74 Å². The molecule has 1 unspecified atom stereocenters. The maximum absolute atomic E-state index is 12.8. The molecule has 123 valence electrons. The van der Waals surface area contributed by atoms with Crippen LogP contribution in [-0.4, -0.2) is 30.5 Å². The van der Waals surface area contributed by atoms with Crippen molar-refractivity contribution >= 4 is 38.3 Å². The molecule has 2 rings (SSSR count). The average Bonchev–Trinajstić information content (AvgIpc) is 2.40. The molecule has 2 aromatic rings. The van der Waals surface area contributed by atoms with Gasteiger partial charge in [-0.3, -0.25) is 4.79 Å². The van der Waals surface area contributed by atoms with Crippen molar-refractivity contribution in [1.29, 1.82) is 0 Å². The van der Waals surface area contributed by atoms with Gasteiger partial charge in [-0.25, -0.2) is 0 Å². The van der Waals surface area contributed by atoms with Crippen molar-refractivity contribution in [3.63, 3.8) is 0 Å². The molecule has 2 nitrogen and oxygen atoms in total. The third kappa shape index (κ3) is 5.22. The van der Waals surface area contributed by atoms with Crippen LogP contribution in [-0.2, 0) is 0 Å². The smallest absolute Gasteiger partial charge is 0.186 e. The first kappa shape index (κ1) is 21.0. The van der Waals surface area contributed by atoms with Crippen LogP contribution in [0.15, 0.2) is 30.3 Å². The maximum atomic E-state index is 12.8. The van der Waals surface area contributed by atoms with Crippen molar-refractivity contribution in [3.05, 3.63) is 58.1 Å². The molecule has 0 bridgehead atoms. The number of hydrogen-bond acceptors (Lipinski definition) is 2. The van der Waals surface area contributed by atoms with Crippen LogP contribution in [0.1, 0.15) is 46.5 Å².